The Morgan fingerprint density at radius 3 is 2.68 bits per heavy atom. The van der Waals surface area contributed by atoms with Crippen molar-refractivity contribution in [1.82, 2.24) is 15.1 Å². The van der Waals surface area contributed by atoms with Gasteiger partial charge >= 0.3 is 0 Å². The van der Waals surface area contributed by atoms with Crippen LogP contribution in [-0.4, -0.2) is 56.6 Å². The molecule has 8 heteroatoms. The summed E-state index contributed by atoms with van der Waals surface area (Å²) >= 11 is 0. The number of fused-ring (bicyclic) bond motifs is 1. The second-order valence-corrected chi connectivity index (χ2v) is 6.43. The highest BCUT2D eigenvalue weighted by molar-refractivity contribution is 6.00. The third-order valence-corrected chi connectivity index (χ3v) is 4.88. The Morgan fingerprint density at radius 2 is 1.96 bits per heavy atom. The predicted molar refractivity (Wildman–Crippen MR) is 100 cm³/mol. The summed E-state index contributed by atoms with van der Waals surface area (Å²) in [6, 6.07) is 11.0. The van der Waals surface area contributed by atoms with E-state index in [-0.39, 0.29) is 36.3 Å². The summed E-state index contributed by atoms with van der Waals surface area (Å²) in [5.41, 5.74) is 2.55. The average Bonchev–Trinajstić information content (AvgIpc) is 3.23. The average molecular weight is 381 g/mol. The first kappa shape index (κ1) is 17.9. The number of β-amino-alcohol motifs (C(OH)–C–C–N with tert-alkyl or cyclic N) is 1. The second-order valence-electron chi connectivity index (χ2n) is 6.43. The molecule has 8 nitrogen and oxygen atoms in total. The van der Waals surface area contributed by atoms with Crippen molar-refractivity contribution in [3.8, 4) is 28.5 Å². The number of nitrogens with one attached hydrogen (secondary N) is 1. The first-order valence-electron chi connectivity index (χ1n) is 8.72. The highest BCUT2D eigenvalue weighted by Gasteiger charge is 2.42. The summed E-state index contributed by atoms with van der Waals surface area (Å²) in [6.45, 7) is -0.0868. The summed E-state index contributed by atoms with van der Waals surface area (Å²) in [6.07, 6.45) is 0. The quantitative estimate of drug-likeness (QED) is 0.537. The summed E-state index contributed by atoms with van der Waals surface area (Å²) in [7, 11) is 1.45. The number of carbonyl (C=O) groups excluding carboxylic acids is 1. The van der Waals surface area contributed by atoms with Gasteiger partial charge in [-0.3, -0.25) is 9.89 Å². The van der Waals surface area contributed by atoms with Crippen LogP contribution in [0.1, 0.15) is 27.7 Å². The van der Waals surface area contributed by atoms with E-state index in [2.05, 4.69) is 10.2 Å². The van der Waals surface area contributed by atoms with E-state index in [1.165, 1.54) is 18.1 Å². The van der Waals surface area contributed by atoms with Gasteiger partial charge in [0.25, 0.3) is 5.91 Å². The molecule has 4 rings (SSSR count). The van der Waals surface area contributed by atoms with Crippen molar-refractivity contribution < 1.29 is 24.9 Å². The second kappa shape index (κ2) is 6.90. The predicted octanol–water partition coefficient (Wildman–Crippen LogP) is 2.03. The number of aliphatic hydroxyl groups excluding tert-OH is 1. The Labute approximate surface area is 160 Å². The lowest BCUT2D eigenvalue weighted by Gasteiger charge is -2.26. The number of hydrogen-bond acceptors (Lipinski definition) is 6. The number of methoxy groups -OCH3 is 1. The van der Waals surface area contributed by atoms with Gasteiger partial charge in [-0.15, -0.1) is 0 Å². The maximum atomic E-state index is 12.9. The van der Waals surface area contributed by atoms with Crippen LogP contribution in [0.5, 0.6) is 17.2 Å². The number of phenolic OH excluding ortho intramolecular Hbond substituents is 2. The van der Waals surface area contributed by atoms with Gasteiger partial charge in [0.2, 0.25) is 0 Å². The molecule has 2 aromatic carbocycles. The minimum Gasteiger partial charge on any atom is -0.507 e. The molecule has 1 aromatic heterocycles. The number of H-pyrrole nitrogens is 1. The summed E-state index contributed by atoms with van der Waals surface area (Å²) < 4.78 is 5.20. The number of phenols is 2. The van der Waals surface area contributed by atoms with E-state index >= 15 is 0 Å². The standard InChI is InChI=1S/C20H19N3O5/c1-28-15-10-11(6-7-14(15)26)19-16-17(12-4-2-3-5-13(12)25)21-22-18(16)20(27)23(19)8-9-24/h2-7,10,19,24-26H,8-9H2,1H3,(H,21,22)/t19-/m0/s1. The number of rotatable bonds is 5. The van der Waals surface area contributed by atoms with Gasteiger partial charge in [-0.1, -0.05) is 18.2 Å². The van der Waals surface area contributed by atoms with Gasteiger partial charge in [-0.25, -0.2) is 0 Å². The van der Waals surface area contributed by atoms with E-state index < -0.39 is 6.04 Å². The smallest absolute Gasteiger partial charge is 0.273 e. The number of ether oxygens (including phenoxy) is 1. The zero-order valence-corrected chi connectivity index (χ0v) is 15.1. The number of aliphatic hydroxyl groups is 1. The topological polar surface area (TPSA) is 119 Å². The normalized spacial score (nSPS) is 15.7. The molecule has 0 bridgehead atoms. The highest BCUT2D eigenvalue weighted by Crippen LogP contribution is 2.45. The molecule has 1 atom stereocenters. The number of benzene rings is 2. The number of para-hydroxylation sites is 1. The molecule has 0 radical (unpaired) electrons. The van der Waals surface area contributed by atoms with Crippen LogP contribution >= 0.6 is 0 Å². The minimum absolute atomic E-state index is 0.0161. The van der Waals surface area contributed by atoms with Crippen LogP contribution in [0.3, 0.4) is 0 Å². The van der Waals surface area contributed by atoms with Crippen molar-refractivity contribution in [1.29, 1.82) is 0 Å². The van der Waals surface area contributed by atoms with Crippen LogP contribution in [0.15, 0.2) is 42.5 Å². The molecule has 3 aromatic rings. The third kappa shape index (κ3) is 2.66. The van der Waals surface area contributed by atoms with Crippen molar-refractivity contribution in [3.63, 3.8) is 0 Å². The summed E-state index contributed by atoms with van der Waals surface area (Å²) in [5, 5.41) is 36.7. The first-order valence-corrected chi connectivity index (χ1v) is 8.72. The van der Waals surface area contributed by atoms with Gasteiger partial charge in [-0.2, -0.15) is 5.10 Å². The van der Waals surface area contributed by atoms with E-state index in [4.69, 9.17) is 4.74 Å². The third-order valence-electron chi connectivity index (χ3n) is 4.88. The minimum atomic E-state index is -0.558. The lowest BCUT2D eigenvalue weighted by atomic mass is 9.95. The van der Waals surface area contributed by atoms with Crippen molar-refractivity contribution in [2.75, 3.05) is 20.3 Å². The molecule has 2 heterocycles. The number of aromatic hydroxyl groups is 2. The number of nitrogens with zero attached hydrogens (tertiary/aromatic N) is 2. The van der Waals surface area contributed by atoms with Crippen LogP contribution in [0.2, 0.25) is 0 Å². The Kier molecular flexibility index (Phi) is 4.40. The van der Waals surface area contributed by atoms with Gasteiger partial charge in [0.15, 0.2) is 11.5 Å². The fraction of sp³-hybridized carbons (Fsp3) is 0.200. The first-order chi connectivity index (χ1) is 13.6. The Balaban J connectivity index is 1.92. The molecular weight excluding hydrogens is 362 g/mol. The summed E-state index contributed by atoms with van der Waals surface area (Å²) in [5.74, 6) is 0.00901. The molecule has 0 saturated carbocycles. The van der Waals surface area contributed by atoms with Gasteiger partial charge in [0.05, 0.1) is 19.8 Å². The van der Waals surface area contributed by atoms with Crippen molar-refractivity contribution in [2.45, 2.75) is 6.04 Å². The summed E-state index contributed by atoms with van der Waals surface area (Å²) in [4.78, 5) is 14.4. The largest absolute Gasteiger partial charge is 0.507 e. The zero-order chi connectivity index (χ0) is 19.8. The molecule has 144 valence electrons. The number of aromatic nitrogens is 2. The number of aromatic amines is 1. The van der Waals surface area contributed by atoms with Crippen LogP contribution < -0.4 is 4.74 Å². The van der Waals surface area contributed by atoms with Crippen LogP contribution in [0.25, 0.3) is 11.3 Å². The highest BCUT2D eigenvalue weighted by atomic mass is 16.5. The van der Waals surface area contributed by atoms with Gasteiger partial charge in [0.1, 0.15) is 17.1 Å². The molecule has 0 spiro atoms. The van der Waals surface area contributed by atoms with E-state index in [0.717, 1.165) is 0 Å². The Hall–Kier alpha value is -3.52. The molecule has 1 amide bonds. The van der Waals surface area contributed by atoms with Gasteiger partial charge in [0, 0.05) is 17.7 Å². The van der Waals surface area contributed by atoms with Crippen LogP contribution in [0, 0.1) is 0 Å². The molecule has 0 unspecified atom stereocenters. The molecule has 0 aliphatic carbocycles. The molecule has 4 N–H and O–H groups in total. The van der Waals surface area contributed by atoms with Crippen molar-refractivity contribution in [2.24, 2.45) is 0 Å². The van der Waals surface area contributed by atoms with Gasteiger partial charge < -0.3 is 25.0 Å². The van der Waals surface area contributed by atoms with E-state index in [1.54, 1.807) is 36.4 Å². The molecule has 28 heavy (non-hydrogen) atoms. The van der Waals surface area contributed by atoms with Crippen molar-refractivity contribution in [3.05, 3.63) is 59.3 Å². The van der Waals surface area contributed by atoms with Crippen LogP contribution in [0.4, 0.5) is 0 Å². The fourth-order valence-electron chi connectivity index (χ4n) is 3.63. The SMILES string of the molecule is COc1cc([C@H]2c3c(-c4ccccc4O)n[nH]c3C(=O)N2CCO)ccc1O. The zero-order valence-electron chi connectivity index (χ0n) is 15.1. The van der Waals surface area contributed by atoms with Crippen molar-refractivity contribution >= 4 is 5.91 Å². The van der Waals surface area contributed by atoms with E-state index in [9.17, 15) is 20.1 Å². The lowest BCUT2D eigenvalue weighted by molar-refractivity contribution is 0.0706. The number of hydrogen-bond donors (Lipinski definition) is 4. The maximum absolute atomic E-state index is 12.9. The fourth-order valence-corrected chi connectivity index (χ4v) is 3.63. The van der Waals surface area contributed by atoms with E-state index in [1.807, 2.05) is 0 Å². The molecular formula is C20H19N3O5. The van der Waals surface area contributed by atoms with Crippen LogP contribution in [-0.2, 0) is 0 Å². The molecule has 1 aliphatic rings. The van der Waals surface area contributed by atoms with Gasteiger partial charge in [-0.05, 0) is 29.8 Å². The number of carbonyl (C=O) groups is 1. The molecule has 0 fully saturated rings. The molecule has 1 aliphatic heterocycles. The molecule has 0 saturated heterocycles. The Bertz CT molecular complexity index is 1050. The maximum Gasteiger partial charge on any atom is 0.273 e. The Morgan fingerprint density at radius 1 is 1.18 bits per heavy atom. The van der Waals surface area contributed by atoms with E-state index in [0.29, 0.717) is 28.1 Å². The lowest BCUT2D eigenvalue weighted by Crippen LogP contribution is -2.32. The number of amides is 1. The monoisotopic (exact) mass is 381 g/mol.